The fourth-order valence-corrected chi connectivity index (χ4v) is 3.94. The zero-order valence-electron chi connectivity index (χ0n) is 15.4. The largest absolute Gasteiger partial charge is 0.496 e. The predicted octanol–water partition coefficient (Wildman–Crippen LogP) is 5.04. The van der Waals surface area contributed by atoms with E-state index in [1.54, 1.807) is 7.11 Å². The van der Waals surface area contributed by atoms with Gasteiger partial charge in [-0.15, -0.1) is 0 Å². The molecule has 0 radical (unpaired) electrons. The van der Waals surface area contributed by atoms with E-state index in [1.165, 1.54) is 0 Å². The highest BCUT2D eigenvalue weighted by molar-refractivity contribution is 5.99. The van der Waals surface area contributed by atoms with Crippen molar-refractivity contribution >= 4 is 16.9 Å². The first-order valence-corrected chi connectivity index (χ1v) is 9.04. The molecule has 1 atom stereocenters. The summed E-state index contributed by atoms with van der Waals surface area (Å²) in [7, 11) is 1.67. The molecule has 0 bridgehead atoms. The van der Waals surface area contributed by atoms with E-state index in [4.69, 9.17) is 9.15 Å². The normalized spacial score (nSPS) is 17.0. The second-order valence-electron chi connectivity index (χ2n) is 6.95. The number of likely N-dealkylation sites (tertiary alicyclic amines) is 1. The number of ether oxygens (including phenoxy) is 1. The third-order valence-corrected chi connectivity index (χ3v) is 5.30. The summed E-state index contributed by atoms with van der Waals surface area (Å²) >= 11 is 0. The van der Waals surface area contributed by atoms with Crippen LogP contribution < -0.4 is 4.74 Å². The lowest BCUT2D eigenvalue weighted by Crippen LogP contribution is -2.30. The molecule has 1 aliphatic rings. The van der Waals surface area contributed by atoms with Crippen molar-refractivity contribution in [2.75, 3.05) is 13.7 Å². The Morgan fingerprint density at radius 3 is 2.81 bits per heavy atom. The lowest BCUT2D eigenvalue weighted by Gasteiger charge is -2.25. The molecule has 1 aliphatic heterocycles. The van der Waals surface area contributed by atoms with Gasteiger partial charge in [0, 0.05) is 23.1 Å². The highest BCUT2D eigenvalue weighted by atomic mass is 16.5. The molecule has 0 saturated carbocycles. The van der Waals surface area contributed by atoms with Crippen molar-refractivity contribution in [3.05, 3.63) is 64.9 Å². The van der Waals surface area contributed by atoms with Gasteiger partial charge in [-0.2, -0.15) is 0 Å². The van der Waals surface area contributed by atoms with Crippen LogP contribution in [0, 0.1) is 13.8 Å². The van der Waals surface area contributed by atoms with E-state index in [-0.39, 0.29) is 11.9 Å². The smallest absolute Gasteiger partial charge is 0.290 e. The highest BCUT2D eigenvalue weighted by Crippen LogP contribution is 2.38. The second-order valence-corrected chi connectivity index (χ2v) is 6.95. The zero-order valence-corrected chi connectivity index (χ0v) is 15.4. The fraction of sp³-hybridized carbons (Fsp3) is 0.318. The second kappa shape index (κ2) is 6.52. The molecular formula is C22H23NO3. The van der Waals surface area contributed by atoms with Gasteiger partial charge < -0.3 is 14.1 Å². The minimum absolute atomic E-state index is 0.0213. The number of methoxy groups -OCH3 is 1. The summed E-state index contributed by atoms with van der Waals surface area (Å²) in [6, 6.07) is 14.0. The van der Waals surface area contributed by atoms with Crippen LogP contribution >= 0.6 is 0 Å². The number of carbonyl (C=O) groups is 1. The molecule has 4 heteroatoms. The van der Waals surface area contributed by atoms with Crippen molar-refractivity contribution in [3.63, 3.8) is 0 Å². The van der Waals surface area contributed by atoms with Crippen LogP contribution in [-0.4, -0.2) is 24.5 Å². The number of furan rings is 1. The van der Waals surface area contributed by atoms with Crippen LogP contribution in [0.5, 0.6) is 5.75 Å². The van der Waals surface area contributed by atoms with Crippen molar-refractivity contribution in [2.24, 2.45) is 0 Å². The van der Waals surface area contributed by atoms with Gasteiger partial charge >= 0.3 is 0 Å². The average molecular weight is 349 g/mol. The van der Waals surface area contributed by atoms with Gasteiger partial charge in [0.2, 0.25) is 0 Å². The molecule has 0 spiro atoms. The van der Waals surface area contributed by atoms with Crippen LogP contribution in [0.4, 0.5) is 0 Å². The SMILES string of the molecule is COc1ccccc1C1CCCN1C(=O)c1oc2ccc(C)cc2c1C. The molecule has 4 nitrogen and oxygen atoms in total. The van der Waals surface area contributed by atoms with Crippen molar-refractivity contribution < 1.29 is 13.9 Å². The molecule has 134 valence electrons. The summed E-state index contributed by atoms with van der Waals surface area (Å²) in [4.78, 5) is 15.2. The fourth-order valence-electron chi connectivity index (χ4n) is 3.94. The monoisotopic (exact) mass is 349 g/mol. The minimum Gasteiger partial charge on any atom is -0.496 e. The topological polar surface area (TPSA) is 42.7 Å². The Kier molecular flexibility index (Phi) is 4.19. The summed E-state index contributed by atoms with van der Waals surface area (Å²) in [5, 5.41) is 1.02. The maximum absolute atomic E-state index is 13.3. The number of hydrogen-bond acceptors (Lipinski definition) is 3. The van der Waals surface area contributed by atoms with Gasteiger partial charge in [-0.3, -0.25) is 4.79 Å². The highest BCUT2D eigenvalue weighted by Gasteiger charge is 2.34. The molecule has 4 rings (SSSR count). The molecule has 0 N–H and O–H groups in total. The van der Waals surface area contributed by atoms with Crippen LogP contribution in [0.25, 0.3) is 11.0 Å². The van der Waals surface area contributed by atoms with Gasteiger partial charge in [0.25, 0.3) is 5.91 Å². The van der Waals surface area contributed by atoms with Gasteiger partial charge in [0.15, 0.2) is 5.76 Å². The number of carbonyl (C=O) groups excluding carboxylic acids is 1. The Morgan fingerprint density at radius 1 is 1.19 bits per heavy atom. The molecule has 0 aliphatic carbocycles. The third-order valence-electron chi connectivity index (χ3n) is 5.30. The van der Waals surface area contributed by atoms with Crippen molar-refractivity contribution in [1.29, 1.82) is 0 Å². The number of para-hydroxylation sites is 1. The minimum atomic E-state index is -0.0373. The maximum Gasteiger partial charge on any atom is 0.290 e. The van der Waals surface area contributed by atoms with Crippen molar-refractivity contribution in [3.8, 4) is 5.75 Å². The predicted molar refractivity (Wildman–Crippen MR) is 102 cm³/mol. The number of hydrogen-bond donors (Lipinski definition) is 0. The van der Waals surface area contributed by atoms with Crippen LogP contribution in [0.1, 0.15) is 46.1 Å². The number of aryl methyl sites for hydroxylation is 2. The number of amides is 1. The molecule has 26 heavy (non-hydrogen) atoms. The third kappa shape index (κ3) is 2.66. The van der Waals surface area contributed by atoms with Gasteiger partial charge in [-0.05, 0) is 44.9 Å². The molecule has 1 fully saturated rings. The number of rotatable bonds is 3. The summed E-state index contributed by atoms with van der Waals surface area (Å²) in [6.45, 7) is 4.75. The van der Waals surface area contributed by atoms with Gasteiger partial charge in [-0.25, -0.2) is 0 Å². The standard InChI is InChI=1S/C22H23NO3/c1-14-10-11-20-17(13-14)15(2)21(26-20)22(24)23-12-6-8-18(23)16-7-4-5-9-19(16)25-3/h4-5,7,9-11,13,18H,6,8,12H2,1-3H3. The Morgan fingerprint density at radius 2 is 2.00 bits per heavy atom. The van der Waals surface area contributed by atoms with Crippen molar-refractivity contribution in [2.45, 2.75) is 32.7 Å². The van der Waals surface area contributed by atoms with E-state index < -0.39 is 0 Å². The lowest BCUT2D eigenvalue weighted by molar-refractivity contribution is 0.0703. The lowest BCUT2D eigenvalue weighted by atomic mass is 10.0. The van der Waals surface area contributed by atoms with Crippen molar-refractivity contribution in [1.82, 2.24) is 4.90 Å². The molecule has 1 amide bonds. The van der Waals surface area contributed by atoms with Crippen LogP contribution in [0.2, 0.25) is 0 Å². The first-order valence-electron chi connectivity index (χ1n) is 9.04. The zero-order chi connectivity index (χ0) is 18.3. The summed E-state index contributed by atoms with van der Waals surface area (Å²) < 4.78 is 11.5. The molecule has 3 aromatic rings. The van der Waals surface area contributed by atoms with E-state index >= 15 is 0 Å². The Hall–Kier alpha value is -2.75. The molecule has 2 aromatic carbocycles. The maximum atomic E-state index is 13.3. The number of nitrogens with zero attached hydrogens (tertiary/aromatic N) is 1. The van der Waals surface area contributed by atoms with E-state index in [1.807, 2.05) is 55.1 Å². The van der Waals surface area contributed by atoms with Crippen LogP contribution in [0.15, 0.2) is 46.9 Å². The van der Waals surface area contributed by atoms with E-state index in [2.05, 4.69) is 6.07 Å². The van der Waals surface area contributed by atoms with Gasteiger partial charge in [0.1, 0.15) is 11.3 Å². The van der Waals surface area contributed by atoms with Crippen LogP contribution in [-0.2, 0) is 0 Å². The van der Waals surface area contributed by atoms with Crippen LogP contribution in [0.3, 0.4) is 0 Å². The number of fused-ring (bicyclic) bond motifs is 1. The van der Waals surface area contributed by atoms with Gasteiger partial charge in [0.05, 0.1) is 13.2 Å². The quantitative estimate of drug-likeness (QED) is 0.665. The number of benzene rings is 2. The molecule has 1 saturated heterocycles. The molecule has 1 unspecified atom stereocenters. The van der Waals surface area contributed by atoms with Gasteiger partial charge in [-0.1, -0.05) is 29.8 Å². The first kappa shape index (κ1) is 16.7. The van der Waals surface area contributed by atoms with E-state index in [0.29, 0.717) is 5.76 Å². The Balaban J connectivity index is 1.72. The Labute approximate surface area is 153 Å². The first-order chi connectivity index (χ1) is 12.6. The van der Waals surface area contributed by atoms with E-state index in [9.17, 15) is 4.79 Å². The Bertz CT molecular complexity index is 973. The molecule has 2 heterocycles. The summed E-state index contributed by atoms with van der Waals surface area (Å²) in [6.07, 6.45) is 1.91. The summed E-state index contributed by atoms with van der Waals surface area (Å²) in [5.74, 6) is 1.24. The average Bonchev–Trinajstić information content (AvgIpc) is 3.26. The summed E-state index contributed by atoms with van der Waals surface area (Å²) in [5.41, 5.74) is 3.91. The van der Waals surface area contributed by atoms with E-state index in [0.717, 1.165) is 52.8 Å². The molecular weight excluding hydrogens is 326 g/mol. The molecule has 1 aromatic heterocycles.